The van der Waals surface area contributed by atoms with Gasteiger partial charge in [-0.05, 0) is 71.1 Å². The first kappa shape index (κ1) is 20.2. The van der Waals surface area contributed by atoms with Crippen molar-refractivity contribution in [1.82, 2.24) is 0 Å². The summed E-state index contributed by atoms with van der Waals surface area (Å²) in [6, 6.07) is 21.2. The maximum Gasteiger partial charge on any atom is 0.127 e. The lowest BCUT2D eigenvalue weighted by molar-refractivity contribution is 0.481. The molecule has 0 fully saturated rings. The lowest BCUT2D eigenvalue weighted by Crippen LogP contribution is -2.10. The van der Waals surface area contributed by atoms with Crippen molar-refractivity contribution in [1.29, 1.82) is 0 Å². The summed E-state index contributed by atoms with van der Waals surface area (Å²) in [5.74, 6) is 1.59. The minimum atomic E-state index is 0.130. The van der Waals surface area contributed by atoms with Gasteiger partial charge in [-0.25, -0.2) is 0 Å². The standard InChI is InChI=1S/C23H22Cl2N2O/c1-23(2,3)17-6-11-20(12-7-17)28-19-9-4-16(5-10-19)15-26-27-18-8-13-21(24)22(25)14-18/h4-15,27H,1-3H3. The zero-order valence-electron chi connectivity index (χ0n) is 16.0. The number of rotatable bonds is 5. The van der Waals surface area contributed by atoms with Gasteiger partial charge in [-0.2, -0.15) is 5.10 Å². The Morgan fingerprint density at radius 1 is 0.821 bits per heavy atom. The van der Waals surface area contributed by atoms with E-state index in [-0.39, 0.29) is 5.41 Å². The molecular formula is C23H22Cl2N2O. The van der Waals surface area contributed by atoms with Crippen LogP contribution in [0.4, 0.5) is 5.69 Å². The molecule has 1 N–H and O–H groups in total. The van der Waals surface area contributed by atoms with Gasteiger partial charge >= 0.3 is 0 Å². The third kappa shape index (κ3) is 5.51. The van der Waals surface area contributed by atoms with Gasteiger partial charge in [0.2, 0.25) is 0 Å². The van der Waals surface area contributed by atoms with Crippen molar-refractivity contribution in [3.8, 4) is 11.5 Å². The van der Waals surface area contributed by atoms with Crippen molar-refractivity contribution in [3.05, 3.63) is 87.9 Å². The van der Waals surface area contributed by atoms with Gasteiger partial charge in [0.1, 0.15) is 11.5 Å². The van der Waals surface area contributed by atoms with Crippen LogP contribution in [0.25, 0.3) is 0 Å². The van der Waals surface area contributed by atoms with Gasteiger partial charge in [0.15, 0.2) is 0 Å². The lowest BCUT2D eigenvalue weighted by Gasteiger charge is -2.19. The van der Waals surface area contributed by atoms with E-state index in [0.717, 1.165) is 22.7 Å². The zero-order chi connectivity index (χ0) is 20.1. The van der Waals surface area contributed by atoms with E-state index in [1.165, 1.54) is 5.56 Å². The molecule has 5 heteroatoms. The van der Waals surface area contributed by atoms with Crippen LogP contribution < -0.4 is 10.2 Å². The Kier molecular flexibility index (Phi) is 6.28. The van der Waals surface area contributed by atoms with Gasteiger partial charge in [-0.15, -0.1) is 0 Å². The Morgan fingerprint density at radius 3 is 2.00 bits per heavy atom. The van der Waals surface area contributed by atoms with E-state index < -0.39 is 0 Å². The summed E-state index contributed by atoms with van der Waals surface area (Å²) in [7, 11) is 0. The Labute approximate surface area is 176 Å². The average molecular weight is 413 g/mol. The molecule has 0 saturated carbocycles. The molecule has 0 aliphatic heterocycles. The van der Waals surface area contributed by atoms with E-state index in [1.807, 2.05) is 42.5 Å². The SMILES string of the molecule is CC(C)(C)c1ccc(Oc2ccc(C=NNc3ccc(Cl)c(Cl)c3)cc2)cc1. The number of hydrogen-bond donors (Lipinski definition) is 1. The second-order valence-electron chi connectivity index (χ2n) is 7.44. The van der Waals surface area contributed by atoms with E-state index >= 15 is 0 Å². The molecule has 0 spiro atoms. The van der Waals surface area contributed by atoms with Gasteiger partial charge in [0.25, 0.3) is 0 Å². The number of hydrazone groups is 1. The number of ether oxygens (including phenoxy) is 1. The van der Waals surface area contributed by atoms with Gasteiger partial charge in [0.05, 0.1) is 21.9 Å². The van der Waals surface area contributed by atoms with Crippen molar-refractivity contribution in [2.24, 2.45) is 5.10 Å². The van der Waals surface area contributed by atoms with Gasteiger partial charge in [-0.3, -0.25) is 5.43 Å². The number of halogens is 2. The summed E-state index contributed by atoms with van der Waals surface area (Å²) in [6.07, 6.45) is 1.73. The van der Waals surface area contributed by atoms with Gasteiger partial charge < -0.3 is 4.74 Å². The van der Waals surface area contributed by atoms with Crippen LogP contribution in [0.15, 0.2) is 71.8 Å². The number of nitrogens with zero attached hydrogens (tertiary/aromatic N) is 1. The fourth-order valence-electron chi connectivity index (χ4n) is 2.53. The van der Waals surface area contributed by atoms with Crippen LogP contribution >= 0.6 is 23.2 Å². The molecule has 0 unspecified atom stereocenters. The smallest absolute Gasteiger partial charge is 0.127 e. The summed E-state index contributed by atoms with van der Waals surface area (Å²) >= 11 is 11.9. The maximum absolute atomic E-state index is 5.99. The summed E-state index contributed by atoms with van der Waals surface area (Å²) in [5.41, 5.74) is 6.05. The Bertz CT molecular complexity index is 959. The first-order chi connectivity index (χ1) is 13.3. The second-order valence-corrected chi connectivity index (χ2v) is 8.26. The number of anilines is 1. The van der Waals surface area contributed by atoms with Crippen molar-refractivity contribution in [3.63, 3.8) is 0 Å². The minimum absolute atomic E-state index is 0.130. The van der Waals surface area contributed by atoms with Gasteiger partial charge in [-0.1, -0.05) is 56.1 Å². The second kappa shape index (κ2) is 8.68. The molecule has 3 nitrogen and oxygen atoms in total. The molecule has 0 amide bonds. The Hall–Kier alpha value is -2.49. The van der Waals surface area contributed by atoms with Crippen molar-refractivity contribution in [2.75, 3.05) is 5.43 Å². The molecule has 0 atom stereocenters. The van der Waals surface area contributed by atoms with Crippen LogP contribution in [0.5, 0.6) is 11.5 Å². The van der Waals surface area contributed by atoms with Crippen LogP contribution in [0.2, 0.25) is 10.0 Å². The molecule has 3 aromatic carbocycles. The first-order valence-electron chi connectivity index (χ1n) is 8.94. The highest BCUT2D eigenvalue weighted by atomic mass is 35.5. The van der Waals surface area contributed by atoms with Gasteiger partial charge in [0, 0.05) is 0 Å². The van der Waals surface area contributed by atoms with E-state index in [2.05, 4.69) is 43.4 Å². The summed E-state index contributed by atoms with van der Waals surface area (Å²) in [4.78, 5) is 0. The summed E-state index contributed by atoms with van der Waals surface area (Å²) in [6.45, 7) is 6.58. The molecule has 0 bridgehead atoms. The highest BCUT2D eigenvalue weighted by molar-refractivity contribution is 6.42. The fraction of sp³-hybridized carbons (Fsp3) is 0.174. The molecule has 0 aliphatic carbocycles. The number of hydrogen-bond acceptors (Lipinski definition) is 3. The van der Waals surface area contributed by atoms with Crippen molar-refractivity contribution < 1.29 is 4.74 Å². The van der Waals surface area contributed by atoms with E-state index in [4.69, 9.17) is 27.9 Å². The maximum atomic E-state index is 5.99. The lowest BCUT2D eigenvalue weighted by atomic mass is 9.87. The highest BCUT2D eigenvalue weighted by Crippen LogP contribution is 2.27. The van der Waals surface area contributed by atoms with E-state index in [9.17, 15) is 0 Å². The van der Waals surface area contributed by atoms with Crippen LogP contribution in [0.1, 0.15) is 31.9 Å². The fourth-order valence-corrected chi connectivity index (χ4v) is 2.83. The highest BCUT2D eigenvalue weighted by Gasteiger charge is 2.13. The minimum Gasteiger partial charge on any atom is -0.457 e. The first-order valence-corrected chi connectivity index (χ1v) is 9.69. The topological polar surface area (TPSA) is 33.6 Å². The van der Waals surface area contributed by atoms with Crippen LogP contribution in [-0.2, 0) is 5.41 Å². The predicted molar refractivity (Wildman–Crippen MR) is 119 cm³/mol. The molecule has 0 saturated heterocycles. The molecule has 0 radical (unpaired) electrons. The quantitative estimate of drug-likeness (QED) is 0.346. The monoisotopic (exact) mass is 412 g/mol. The molecule has 0 aliphatic rings. The Balaban J connectivity index is 1.59. The third-order valence-corrected chi connectivity index (χ3v) is 4.90. The van der Waals surface area contributed by atoms with Crippen LogP contribution in [-0.4, -0.2) is 6.21 Å². The van der Waals surface area contributed by atoms with E-state index in [1.54, 1.807) is 18.3 Å². The molecule has 144 valence electrons. The normalized spacial score (nSPS) is 11.6. The average Bonchev–Trinajstić information content (AvgIpc) is 2.66. The van der Waals surface area contributed by atoms with Crippen molar-refractivity contribution >= 4 is 35.1 Å². The molecule has 3 aromatic rings. The summed E-state index contributed by atoms with van der Waals surface area (Å²) < 4.78 is 5.91. The number of benzene rings is 3. The molecule has 28 heavy (non-hydrogen) atoms. The third-order valence-electron chi connectivity index (χ3n) is 4.16. The van der Waals surface area contributed by atoms with Crippen LogP contribution in [0, 0.1) is 0 Å². The summed E-state index contributed by atoms with van der Waals surface area (Å²) in [5, 5.41) is 5.21. The Morgan fingerprint density at radius 2 is 1.43 bits per heavy atom. The molecule has 0 aromatic heterocycles. The predicted octanol–water partition coefficient (Wildman–Crippen LogP) is 7.53. The molecular weight excluding hydrogens is 391 g/mol. The number of nitrogens with one attached hydrogen (secondary N) is 1. The largest absolute Gasteiger partial charge is 0.457 e. The molecule has 0 heterocycles. The van der Waals surface area contributed by atoms with Crippen LogP contribution in [0.3, 0.4) is 0 Å². The molecule has 3 rings (SSSR count). The van der Waals surface area contributed by atoms with E-state index in [0.29, 0.717) is 10.0 Å². The zero-order valence-corrected chi connectivity index (χ0v) is 17.6. The van der Waals surface area contributed by atoms with Crippen molar-refractivity contribution in [2.45, 2.75) is 26.2 Å².